The first kappa shape index (κ1) is 62.7. The van der Waals surface area contributed by atoms with Crippen molar-refractivity contribution in [3.8, 4) is 12.3 Å². The van der Waals surface area contributed by atoms with Gasteiger partial charge in [0.1, 0.15) is 30.1 Å². The maximum absolute atomic E-state index is 11.8. The predicted molar refractivity (Wildman–Crippen MR) is 274 cm³/mol. The van der Waals surface area contributed by atoms with Gasteiger partial charge in [-0.25, -0.2) is 24.0 Å². The number of carbonyl (C=O) groups is 4. The van der Waals surface area contributed by atoms with Crippen molar-refractivity contribution in [2.24, 2.45) is 5.11 Å². The summed E-state index contributed by atoms with van der Waals surface area (Å²) in [7, 11) is 0. The van der Waals surface area contributed by atoms with E-state index in [4.69, 9.17) is 35.0 Å². The molecule has 0 spiro atoms. The van der Waals surface area contributed by atoms with E-state index in [1.54, 1.807) is 29.9 Å². The molecule has 74 heavy (non-hydrogen) atoms. The normalized spacial score (nSPS) is 10.1. The van der Waals surface area contributed by atoms with E-state index in [2.05, 4.69) is 82.7 Å². The van der Waals surface area contributed by atoms with Crippen LogP contribution in [-0.4, -0.2) is 108 Å². The number of terminal acetylenes is 1. The van der Waals surface area contributed by atoms with Crippen LogP contribution in [0.15, 0.2) is 103 Å². The van der Waals surface area contributed by atoms with Crippen molar-refractivity contribution < 1.29 is 71.4 Å². The summed E-state index contributed by atoms with van der Waals surface area (Å²) >= 11 is 6.50. The van der Waals surface area contributed by atoms with Gasteiger partial charge >= 0.3 is 63.6 Å². The molecule has 0 aliphatic carbocycles. The Kier molecular flexibility index (Phi) is 29.5. The number of esters is 3. The van der Waals surface area contributed by atoms with Gasteiger partial charge in [-0.05, 0) is 75.0 Å². The molecule has 0 saturated carbocycles. The maximum atomic E-state index is 11.8. The number of halogens is 1. The van der Waals surface area contributed by atoms with Gasteiger partial charge < -0.3 is 53.1 Å². The van der Waals surface area contributed by atoms with E-state index in [1.165, 1.54) is 19.1 Å². The number of amides is 1. The van der Waals surface area contributed by atoms with Crippen LogP contribution in [-0.2, 0) is 73.9 Å². The summed E-state index contributed by atoms with van der Waals surface area (Å²) in [4.78, 5) is 74.9. The molecule has 1 amide bonds. The summed E-state index contributed by atoms with van der Waals surface area (Å²) in [6, 6.07) is 13.5. The summed E-state index contributed by atoms with van der Waals surface area (Å²) in [5, 5.41) is 34.3. The van der Waals surface area contributed by atoms with Crippen LogP contribution < -0.4 is 26.4 Å². The van der Waals surface area contributed by atoms with Crippen molar-refractivity contribution >= 4 is 71.4 Å². The zero-order valence-corrected chi connectivity index (χ0v) is 43.9. The van der Waals surface area contributed by atoms with E-state index in [-0.39, 0.29) is 64.1 Å². The fourth-order valence-electron chi connectivity index (χ4n) is 6.29. The topological polar surface area (TPSA) is 304 Å². The Morgan fingerprint density at radius 1 is 0.865 bits per heavy atom. The number of carbonyl (C=O) groups excluding carboxylic acids is 4. The van der Waals surface area contributed by atoms with Gasteiger partial charge in [0.25, 0.3) is 0 Å². The molecule has 23 nitrogen and oxygen atoms in total. The second kappa shape index (κ2) is 34.8. The SMILES string of the molecule is C#CCOC(=O)CCCOC(=O)C(=C)C.C=C(C)C(=O)OCCNC(=O)OCc1cn(CCN(CC)c2ccc3c(CO)cc(=O)oc3c2)nn1.CCN(CCN=[N+]=[N-])c1ccc2c(CO)cc(=O)oc2c1.[Cu][Br]. The number of nitrogens with zero attached hydrogens (tertiary/aromatic N) is 8. The molecule has 0 aliphatic rings. The third-order valence-electron chi connectivity index (χ3n) is 9.91. The first-order valence-electron chi connectivity index (χ1n) is 22.6. The van der Waals surface area contributed by atoms with Crippen LogP contribution >= 0.6 is 14.1 Å². The molecule has 402 valence electrons. The number of hydrogen-bond acceptors (Lipinski definition) is 19. The number of azide groups is 1. The molecule has 25 heteroatoms. The fourth-order valence-corrected chi connectivity index (χ4v) is 6.29. The first-order valence-corrected chi connectivity index (χ1v) is 24.9. The van der Waals surface area contributed by atoms with Gasteiger partial charge in [-0.1, -0.05) is 29.4 Å². The molecule has 5 rings (SSSR count). The van der Waals surface area contributed by atoms with Crippen LogP contribution in [0.1, 0.15) is 57.4 Å². The van der Waals surface area contributed by atoms with Gasteiger partial charge in [0.2, 0.25) is 0 Å². The average molecular weight is 1140 g/mol. The van der Waals surface area contributed by atoms with Crippen molar-refractivity contribution in [1.82, 2.24) is 20.3 Å². The van der Waals surface area contributed by atoms with Crippen molar-refractivity contribution in [1.29, 1.82) is 0 Å². The summed E-state index contributed by atoms with van der Waals surface area (Å²) in [5.41, 5.74) is 12.1. The molecule has 0 fully saturated rings. The molecule has 0 unspecified atom stereocenters. The van der Waals surface area contributed by atoms with Gasteiger partial charge in [-0.2, -0.15) is 0 Å². The van der Waals surface area contributed by atoms with Crippen LogP contribution in [0.3, 0.4) is 0 Å². The number of benzene rings is 2. The number of fused-ring (bicyclic) bond motifs is 2. The number of alkyl carbamates (subject to hydrolysis) is 1. The van der Waals surface area contributed by atoms with Crippen LogP contribution in [0.2, 0.25) is 0 Å². The second-order valence-electron chi connectivity index (χ2n) is 15.2. The van der Waals surface area contributed by atoms with Crippen molar-refractivity contribution in [3.63, 3.8) is 0 Å². The monoisotopic (exact) mass is 1140 g/mol. The molecular formula is C49H59BrCuN9O14. The van der Waals surface area contributed by atoms with Gasteiger partial charge in [0.05, 0.1) is 39.1 Å². The van der Waals surface area contributed by atoms with Crippen molar-refractivity contribution in [2.75, 3.05) is 68.9 Å². The van der Waals surface area contributed by atoms with Crippen LogP contribution in [0.25, 0.3) is 32.4 Å². The average Bonchev–Trinajstić information content (AvgIpc) is 3.86. The number of aliphatic hydroxyl groups excluding tert-OH is 2. The van der Waals surface area contributed by atoms with Crippen molar-refractivity contribution in [3.05, 3.63) is 127 Å². The summed E-state index contributed by atoms with van der Waals surface area (Å²) in [6.45, 7) is 17.2. The van der Waals surface area contributed by atoms with Crippen LogP contribution in [0, 0.1) is 12.3 Å². The van der Waals surface area contributed by atoms with Crippen LogP contribution in [0.4, 0.5) is 16.2 Å². The fraction of sp³-hybridized carbons (Fsp3) is 0.388. The van der Waals surface area contributed by atoms with E-state index in [1.807, 2.05) is 43.0 Å². The Hall–Kier alpha value is -7.45. The van der Waals surface area contributed by atoms with Crippen molar-refractivity contribution in [2.45, 2.75) is 66.9 Å². The number of hydrogen-bond donors (Lipinski definition) is 3. The molecule has 0 radical (unpaired) electrons. The molecule has 3 aromatic heterocycles. The Morgan fingerprint density at radius 3 is 1.91 bits per heavy atom. The molecule has 0 bridgehead atoms. The quantitative estimate of drug-likeness (QED) is 0.00603. The number of ether oxygens (including phenoxy) is 4. The molecular weight excluding hydrogens is 1080 g/mol. The van der Waals surface area contributed by atoms with Gasteiger partial charge in [-0.15, -0.1) is 11.5 Å². The standard InChI is InChI=1S/C24H29N5O7.C14H16N4O3.C11H14O4.BrH.Cu/c1-4-28(19-5-6-20-17(14-30)11-22(31)36-21(20)12-19)8-9-29-13-18(26-27-29)15-35-24(33)25-7-10-34-23(32)16(2)3;1-2-18(6-5-16-17-15)11-3-4-12-10(9-19)7-14(20)21-13(12)8-11;1-4-7-14-10(12)6-5-8-15-11(13)9(2)3;;/h5-6,11-13,30H,2,4,7-10,14-15H2,1,3H3,(H,25,33);3-4,7-8,19H,2,5-6,9H2,1H3;1H,2,5-8H2,3H3;1H;/q;;;;+1/p-1. The van der Waals surface area contributed by atoms with E-state index in [0.29, 0.717) is 83.5 Å². The zero-order valence-electron chi connectivity index (χ0n) is 41.3. The molecule has 0 atom stereocenters. The number of rotatable bonds is 24. The van der Waals surface area contributed by atoms with Gasteiger partial charge in [0, 0.05) is 102 Å². The third-order valence-corrected chi connectivity index (χ3v) is 9.91. The van der Waals surface area contributed by atoms with Crippen LogP contribution in [0.5, 0.6) is 0 Å². The van der Waals surface area contributed by atoms with Gasteiger partial charge in [-0.3, -0.25) is 9.48 Å². The number of anilines is 2. The van der Waals surface area contributed by atoms with E-state index in [0.717, 1.165) is 17.9 Å². The number of nitrogens with one attached hydrogen (secondary N) is 1. The van der Waals surface area contributed by atoms with E-state index >= 15 is 0 Å². The molecule has 0 saturated heterocycles. The van der Waals surface area contributed by atoms with Gasteiger partial charge in [0.15, 0.2) is 6.61 Å². The Bertz CT molecular complexity index is 2880. The third kappa shape index (κ3) is 22.1. The molecule has 5 aromatic rings. The number of aromatic nitrogens is 3. The number of likely N-dealkylation sites (N-methyl/N-ethyl adjacent to an activating group) is 2. The Labute approximate surface area is 441 Å². The second-order valence-corrected chi connectivity index (χ2v) is 15.2. The Balaban J connectivity index is 0.000000417. The van der Waals surface area contributed by atoms with E-state index in [9.17, 15) is 39.0 Å². The molecule has 3 heterocycles. The first-order chi connectivity index (χ1) is 35.6. The zero-order chi connectivity index (χ0) is 55.0. The summed E-state index contributed by atoms with van der Waals surface area (Å²) in [5.74, 6) is 0.819. The summed E-state index contributed by atoms with van der Waals surface area (Å²) in [6.07, 6.45) is 6.52. The summed E-state index contributed by atoms with van der Waals surface area (Å²) < 4.78 is 31.5. The minimum atomic E-state index is -0.666. The molecule has 2 aromatic carbocycles. The predicted octanol–water partition coefficient (Wildman–Crippen LogP) is 6.08. The molecule has 3 N–H and O–H groups in total. The Morgan fingerprint density at radius 2 is 1.41 bits per heavy atom. The number of aliphatic hydroxyl groups is 2. The molecule has 0 aliphatic heterocycles. The minimum absolute atomic E-state index is 0.0108. The van der Waals surface area contributed by atoms with E-state index < -0.39 is 29.3 Å².